The van der Waals surface area contributed by atoms with Crippen LogP contribution in [0.2, 0.25) is 0 Å². The number of aryl methyl sites for hydroxylation is 3. The van der Waals surface area contributed by atoms with E-state index in [1.807, 2.05) is 23.7 Å². The number of benzene rings is 1. The molecule has 6 heteroatoms. The smallest absolute Gasteiger partial charge is 0.243 e. The van der Waals surface area contributed by atoms with Gasteiger partial charge in [-0.2, -0.15) is 4.31 Å². The van der Waals surface area contributed by atoms with Gasteiger partial charge in [-0.3, -0.25) is 0 Å². The Morgan fingerprint density at radius 2 is 1.95 bits per heavy atom. The molecule has 1 aliphatic carbocycles. The minimum Gasteiger partial charge on any atom is -0.336 e. The molecule has 0 N–H and O–H groups in total. The van der Waals surface area contributed by atoms with Crippen LogP contribution in [0.15, 0.2) is 29.4 Å². The van der Waals surface area contributed by atoms with Gasteiger partial charge in [-0.25, -0.2) is 13.4 Å². The highest BCUT2D eigenvalue weighted by Gasteiger charge is 2.30. The van der Waals surface area contributed by atoms with Crippen molar-refractivity contribution >= 4 is 10.0 Å². The zero-order valence-electron chi connectivity index (χ0n) is 12.6. The monoisotopic (exact) mass is 317 g/mol. The van der Waals surface area contributed by atoms with Gasteiger partial charge in [-0.05, 0) is 42.5 Å². The van der Waals surface area contributed by atoms with Crippen molar-refractivity contribution in [3.05, 3.63) is 47.0 Å². The average molecular weight is 317 g/mol. The molecule has 0 saturated carbocycles. The van der Waals surface area contributed by atoms with Crippen LogP contribution in [0.25, 0.3) is 0 Å². The van der Waals surface area contributed by atoms with E-state index in [4.69, 9.17) is 0 Å². The van der Waals surface area contributed by atoms with Gasteiger partial charge in [0.25, 0.3) is 0 Å². The number of imidazole rings is 1. The fourth-order valence-electron chi connectivity index (χ4n) is 3.46. The second-order valence-corrected chi connectivity index (χ2v) is 8.06. The molecule has 1 aromatic carbocycles. The summed E-state index contributed by atoms with van der Waals surface area (Å²) >= 11 is 0. The summed E-state index contributed by atoms with van der Waals surface area (Å²) in [7, 11) is -1.51. The van der Waals surface area contributed by atoms with Crippen molar-refractivity contribution in [2.24, 2.45) is 7.05 Å². The van der Waals surface area contributed by atoms with E-state index in [1.165, 1.54) is 11.1 Å². The summed E-state index contributed by atoms with van der Waals surface area (Å²) in [5.41, 5.74) is 4.50. The minimum atomic E-state index is -3.43. The van der Waals surface area contributed by atoms with Crippen molar-refractivity contribution in [1.29, 1.82) is 0 Å². The largest absolute Gasteiger partial charge is 0.336 e. The van der Waals surface area contributed by atoms with Gasteiger partial charge in [0.05, 0.1) is 29.2 Å². The molecule has 0 unspecified atom stereocenters. The topological polar surface area (TPSA) is 55.2 Å². The van der Waals surface area contributed by atoms with E-state index < -0.39 is 10.0 Å². The molecule has 0 saturated heterocycles. The second-order valence-electron chi connectivity index (χ2n) is 6.12. The third kappa shape index (κ3) is 2.09. The Morgan fingerprint density at radius 1 is 1.14 bits per heavy atom. The van der Waals surface area contributed by atoms with Gasteiger partial charge in [0, 0.05) is 20.0 Å². The van der Waals surface area contributed by atoms with Crippen molar-refractivity contribution in [1.82, 2.24) is 13.9 Å². The maximum absolute atomic E-state index is 12.9. The first kappa shape index (κ1) is 14.0. The number of fused-ring (bicyclic) bond motifs is 2. The number of sulfonamides is 1. The van der Waals surface area contributed by atoms with Gasteiger partial charge < -0.3 is 4.57 Å². The number of hydrogen-bond donors (Lipinski definition) is 0. The maximum Gasteiger partial charge on any atom is 0.243 e. The average Bonchev–Trinajstić information content (AvgIpc) is 3.13. The molecular formula is C16H19N3O2S. The van der Waals surface area contributed by atoms with Gasteiger partial charge >= 0.3 is 0 Å². The Labute approximate surface area is 130 Å². The van der Waals surface area contributed by atoms with Gasteiger partial charge in [-0.1, -0.05) is 6.07 Å². The van der Waals surface area contributed by atoms with Crippen LogP contribution < -0.4 is 0 Å². The van der Waals surface area contributed by atoms with Crippen LogP contribution in [-0.4, -0.2) is 28.8 Å². The summed E-state index contributed by atoms with van der Waals surface area (Å²) in [6.45, 7) is 0.911. The molecule has 2 aromatic rings. The van der Waals surface area contributed by atoms with E-state index in [-0.39, 0.29) is 0 Å². The first-order valence-corrected chi connectivity index (χ1v) is 9.11. The third-order valence-corrected chi connectivity index (χ3v) is 6.62. The van der Waals surface area contributed by atoms with Crippen LogP contribution in [-0.2, 0) is 42.9 Å². The zero-order chi connectivity index (χ0) is 15.3. The SMILES string of the molecule is Cn1cnc2c1CN(S(=O)(=O)c1ccc3c(c1)CCC3)CC2. The standard InChI is InChI=1S/C16H19N3O2S/c1-18-11-17-15-7-8-19(10-16(15)18)22(20,21)14-6-5-12-3-2-4-13(12)9-14/h5-6,9,11H,2-4,7-8,10H2,1H3. The van der Waals surface area contributed by atoms with E-state index in [1.54, 1.807) is 16.7 Å². The summed E-state index contributed by atoms with van der Waals surface area (Å²) in [6.07, 6.45) is 5.62. The second kappa shape index (κ2) is 4.93. The molecule has 0 amide bonds. The molecule has 4 rings (SSSR count). The molecule has 0 atom stereocenters. The highest BCUT2D eigenvalue weighted by molar-refractivity contribution is 7.89. The van der Waals surface area contributed by atoms with Crippen molar-refractivity contribution in [3.63, 3.8) is 0 Å². The third-order valence-electron chi connectivity index (χ3n) is 4.78. The summed E-state index contributed by atoms with van der Waals surface area (Å²) < 4.78 is 29.3. The zero-order valence-corrected chi connectivity index (χ0v) is 13.4. The Morgan fingerprint density at radius 3 is 2.82 bits per heavy atom. The lowest BCUT2D eigenvalue weighted by Crippen LogP contribution is -2.36. The van der Waals surface area contributed by atoms with Crippen molar-refractivity contribution in [2.75, 3.05) is 6.54 Å². The molecule has 0 radical (unpaired) electrons. The summed E-state index contributed by atoms with van der Waals surface area (Å²) in [5, 5.41) is 0. The highest BCUT2D eigenvalue weighted by Crippen LogP contribution is 2.28. The van der Waals surface area contributed by atoms with Crippen molar-refractivity contribution in [2.45, 2.75) is 37.1 Å². The van der Waals surface area contributed by atoms with Crippen LogP contribution >= 0.6 is 0 Å². The quantitative estimate of drug-likeness (QED) is 0.846. The number of hydrogen-bond acceptors (Lipinski definition) is 3. The molecule has 116 valence electrons. The molecule has 2 heterocycles. The summed E-state index contributed by atoms with van der Waals surface area (Å²) in [6, 6.07) is 5.61. The van der Waals surface area contributed by atoms with E-state index in [0.29, 0.717) is 24.4 Å². The first-order chi connectivity index (χ1) is 10.6. The Bertz CT molecular complexity index is 839. The predicted octanol–water partition coefficient (Wildman–Crippen LogP) is 1.66. The lowest BCUT2D eigenvalue weighted by molar-refractivity contribution is 0.380. The number of aromatic nitrogens is 2. The summed E-state index contributed by atoms with van der Waals surface area (Å²) in [5.74, 6) is 0. The molecule has 5 nitrogen and oxygen atoms in total. The molecule has 0 bridgehead atoms. The lowest BCUT2D eigenvalue weighted by Gasteiger charge is -2.26. The molecule has 0 spiro atoms. The molecular weight excluding hydrogens is 298 g/mol. The van der Waals surface area contributed by atoms with Crippen molar-refractivity contribution < 1.29 is 8.42 Å². The maximum atomic E-state index is 12.9. The number of rotatable bonds is 2. The normalized spacial score (nSPS) is 18.2. The van der Waals surface area contributed by atoms with Gasteiger partial charge in [-0.15, -0.1) is 0 Å². The Kier molecular flexibility index (Phi) is 3.13. The first-order valence-electron chi connectivity index (χ1n) is 7.67. The van der Waals surface area contributed by atoms with Crippen LogP contribution in [0.5, 0.6) is 0 Å². The van der Waals surface area contributed by atoms with E-state index in [0.717, 1.165) is 30.7 Å². The molecule has 1 aliphatic heterocycles. The van der Waals surface area contributed by atoms with Gasteiger partial charge in [0.1, 0.15) is 0 Å². The fourth-order valence-corrected chi connectivity index (χ4v) is 4.91. The molecule has 2 aliphatic rings. The lowest BCUT2D eigenvalue weighted by atomic mass is 10.1. The van der Waals surface area contributed by atoms with Crippen LogP contribution in [0.1, 0.15) is 28.9 Å². The molecule has 22 heavy (non-hydrogen) atoms. The minimum absolute atomic E-state index is 0.408. The summed E-state index contributed by atoms with van der Waals surface area (Å²) in [4.78, 5) is 4.76. The highest BCUT2D eigenvalue weighted by atomic mass is 32.2. The van der Waals surface area contributed by atoms with Gasteiger partial charge in [0.2, 0.25) is 10.0 Å². The van der Waals surface area contributed by atoms with Crippen LogP contribution in [0, 0.1) is 0 Å². The number of nitrogens with zero attached hydrogens (tertiary/aromatic N) is 3. The van der Waals surface area contributed by atoms with Crippen molar-refractivity contribution in [3.8, 4) is 0 Å². The Balaban J connectivity index is 1.68. The predicted molar refractivity (Wildman–Crippen MR) is 83.0 cm³/mol. The molecule has 1 aromatic heterocycles. The van der Waals surface area contributed by atoms with Crippen LogP contribution in [0.4, 0.5) is 0 Å². The Hall–Kier alpha value is -1.66. The van der Waals surface area contributed by atoms with E-state index in [2.05, 4.69) is 4.98 Å². The van der Waals surface area contributed by atoms with Crippen LogP contribution in [0.3, 0.4) is 0 Å². The van der Waals surface area contributed by atoms with Gasteiger partial charge in [0.15, 0.2) is 0 Å². The fraction of sp³-hybridized carbons (Fsp3) is 0.438. The van der Waals surface area contributed by atoms with E-state index in [9.17, 15) is 8.42 Å². The van der Waals surface area contributed by atoms with E-state index >= 15 is 0 Å². The molecule has 0 fully saturated rings.